The minimum absolute atomic E-state index is 0.303. The van der Waals surface area contributed by atoms with E-state index in [0.29, 0.717) is 35.1 Å². The Morgan fingerprint density at radius 1 is 1.14 bits per heavy atom. The van der Waals surface area contributed by atoms with E-state index in [9.17, 15) is 9.59 Å². The highest BCUT2D eigenvalue weighted by molar-refractivity contribution is 5.98. The van der Waals surface area contributed by atoms with Crippen LogP contribution in [0.5, 0.6) is 5.75 Å². The predicted octanol–water partition coefficient (Wildman–Crippen LogP) is 3.32. The van der Waals surface area contributed by atoms with E-state index in [-0.39, 0.29) is 0 Å². The summed E-state index contributed by atoms with van der Waals surface area (Å²) < 4.78 is 15.8. The molecule has 0 radical (unpaired) electrons. The summed E-state index contributed by atoms with van der Waals surface area (Å²) in [5.74, 6) is -0.171. The van der Waals surface area contributed by atoms with E-state index in [2.05, 4.69) is 15.5 Å². The van der Waals surface area contributed by atoms with Crippen molar-refractivity contribution in [3.8, 4) is 17.2 Å². The Kier molecular flexibility index (Phi) is 6.01. The van der Waals surface area contributed by atoms with Crippen LogP contribution in [-0.2, 0) is 9.53 Å². The smallest absolute Gasteiger partial charge is 0.338 e. The normalized spacial score (nSPS) is 11.5. The van der Waals surface area contributed by atoms with Crippen molar-refractivity contribution in [3.63, 3.8) is 0 Å². The number of nitrogens with zero attached hydrogens (tertiary/aromatic N) is 2. The van der Waals surface area contributed by atoms with Crippen LogP contribution in [0.4, 0.5) is 5.69 Å². The van der Waals surface area contributed by atoms with E-state index in [4.69, 9.17) is 13.9 Å². The molecule has 3 aromatic rings. The van der Waals surface area contributed by atoms with E-state index in [1.807, 2.05) is 13.0 Å². The van der Waals surface area contributed by atoms with Crippen molar-refractivity contribution in [2.24, 2.45) is 0 Å². The Hall–Kier alpha value is -3.68. The zero-order valence-electron chi connectivity index (χ0n) is 15.4. The van der Waals surface area contributed by atoms with Gasteiger partial charge in [-0.2, -0.15) is 0 Å². The molecule has 2 aromatic carbocycles. The number of benzene rings is 2. The Morgan fingerprint density at radius 3 is 2.57 bits per heavy atom. The molecule has 28 heavy (non-hydrogen) atoms. The Labute approximate surface area is 161 Å². The van der Waals surface area contributed by atoms with E-state index >= 15 is 0 Å². The number of carbonyl (C=O) groups excluding carboxylic acids is 2. The van der Waals surface area contributed by atoms with E-state index in [0.717, 1.165) is 0 Å². The fraction of sp³-hybridized carbons (Fsp3) is 0.200. The van der Waals surface area contributed by atoms with Crippen LogP contribution < -0.4 is 10.1 Å². The van der Waals surface area contributed by atoms with Crippen molar-refractivity contribution in [2.45, 2.75) is 20.0 Å². The molecular weight excluding hydrogens is 362 g/mol. The SMILES string of the molecule is CCOc1ccccc1NC(=O)[C@@H](C)OC(=O)c1ccc(-c2nnco2)cc1. The molecule has 0 fully saturated rings. The summed E-state index contributed by atoms with van der Waals surface area (Å²) in [7, 11) is 0. The van der Waals surface area contributed by atoms with Crippen LogP contribution in [0.3, 0.4) is 0 Å². The van der Waals surface area contributed by atoms with Gasteiger partial charge in [-0.15, -0.1) is 10.2 Å². The van der Waals surface area contributed by atoms with Crippen LogP contribution in [0.1, 0.15) is 24.2 Å². The van der Waals surface area contributed by atoms with E-state index in [1.165, 1.54) is 13.3 Å². The molecule has 3 rings (SSSR count). The molecule has 1 aromatic heterocycles. The summed E-state index contributed by atoms with van der Waals surface area (Å²) in [6, 6.07) is 13.5. The molecule has 8 heteroatoms. The molecule has 0 spiro atoms. The number of amides is 1. The standard InChI is InChI=1S/C20H19N3O5/c1-3-26-17-7-5-4-6-16(17)22-18(24)13(2)28-20(25)15-10-8-14(9-11-15)19-23-21-12-27-19/h4-13H,3H2,1-2H3,(H,22,24)/t13-/m1/s1. The van der Waals surface area contributed by atoms with Gasteiger partial charge < -0.3 is 19.2 Å². The molecule has 144 valence electrons. The Morgan fingerprint density at radius 2 is 1.89 bits per heavy atom. The lowest BCUT2D eigenvalue weighted by atomic mass is 10.1. The van der Waals surface area contributed by atoms with Gasteiger partial charge in [-0.3, -0.25) is 4.79 Å². The lowest BCUT2D eigenvalue weighted by Crippen LogP contribution is -2.30. The first-order valence-corrected chi connectivity index (χ1v) is 8.68. The van der Waals surface area contributed by atoms with Crippen LogP contribution in [0, 0.1) is 0 Å². The van der Waals surface area contributed by atoms with Gasteiger partial charge in [0.2, 0.25) is 12.3 Å². The van der Waals surface area contributed by atoms with E-state index in [1.54, 1.807) is 42.5 Å². The highest BCUT2D eigenvalue weighted by atomic mass is 16.5. The molecule has 1 heterocycles. The van der Waals surface area contributed by atoms with Crippen molar-refractivity contribution >= 4 is 17.6 Å². The second-order valence-electron chi connectivity index (χ2n) is 5.79. The first-order valence-electron chi connectivity index (χ1n) is 8.68. The van der Waals surface area contributed by atoms with Gasteiger partial charge in [0.05, 0.1) is 17.9 Å². The van der Waals surface area contributed by atoms with Crippen molar-refractivity contribution in [1.82, 2.24) is 10.2 Å². The second-order valence-corrected chi connectivity index (χ2v) is 5.79. The van der Waals surface area contributed by atoms with Crippen LogP contribution >= 0.6 is 0 Å². The largest absolute Gasteiger partial charge is 0.492 e. The average molecular weight is 381 g/mol. The summed E-state index contributed by atoms with van der Waals surface area (Å²) in [6.45, 7) is 3.83. The summed E-state index contributed by atoms with van der Waals surface area (Å²) >= 11 is 0. The first-order chi connectivity index (χ1) is 13.6. The maximum absolute atomic E-state index is 12.4. The number of hydrogen-bond donors (Lipinski definition) is 1. The lowest BCUT2D eigenvalue weighted by Gasteiger charge is -2.15. The van der Waals surface area contributed by atoms with Crippen LogP contribution in [0.25, 0.3) is 11.5 Å². The van der Waals surface area contributed by atoms with Gasteiger partial charge in [-0.25, -0.2) is 4.79 Å². The Bertz CT molecular complexity index is 939. The maximum Gasteiger partial charge on any atom is 0.338 e. The number of carbonyl (C=O) groups is 2. The quantitative estimate of drug-likeness (QED) is 0.626. The van der Waals surface area contributed by atoms with Crippen molar-refractivity contribution in [1.29, 1.82) is 0 Å². The second kappa shape index (κ2) is 8.81. The first kappa shape index (κ1) is 19.1. The molecule has 0 aliphatic carbocycles. The highest BCUT2D eigenvalue weighted by Gasteiger charge is 2.20. The molecule has 0 bridgehead atoms. The van der Waals surface area contributed by atoms with Gasteiger partial charge in [-0.05, 0) is 50.2 Å². The molecule has 0 aliphatic rings. The number of anilines is 1. The average Bonchev–Trinajstić information content (AvgIpc) is 3.24. The van der Waals surface area contributed by atoms with Gasteiger partial charge in [0.1, 0.15) is 5.75 Å². The fourth-order valence-corrected chi connectivity index (χ4v) is 2.42. The number of para-hydroxylation sites is 2. The number of nitrogens with one attached hydrogen (secondary N) is 1. The summed E-state index contributed by atoms with van der Waals surface area (Å²) in [6.07, 6.45) is 0.236. The third-order valence-corrected chi connectivity index (χ3v) is 3.83. The zero-order chi connectivity index (χ0) is 19.9. The summed E-state index contributed by atoms with van der Waals surface area (Å²) in [5, 5.41) is 10.1. The van der Waals surface area contributed by atoms with Gasteiger partial charge in [0.25, 0.3) is 5.91 Å². The minimum Gasteiger partial charge on any atom is -0.492 e. The van der Waals surface area contributed by atoms with E-state index < -0.39 is 18.0 Å². The number of hydrogen-bond acceptors (Lipinski definition) is 7. The monoisotopic (exact) mass is 381 g/mol. The molecule has 1 amide bonds. The van der Waals surface area contributed by atoms with Gasteiger partial charge in [0, 0.05) is 5.56 Å². The highest BCUT2D eigenvalue weighted by Crippen LogP contribution is 2.24. The zero-order valence-corrected chi connectivity index (χ0v) is 15.4. The lowest BCUT2D eigenvalue weighted by molar-refractivity contribution is -0.123. The Balaban J connectivity index is 1.61. The molecule has 0 aliphatic heterocycles. The fourth-order valence-electron chi connectivity index (χ4n) is 2.42. The molecule has 8 nitrogen and oxygen atoms in total. The number of aromatic nitrogens is 2. The summed E-state index contributed by atoms with van der Waals surface area (Å²) in [4.78, 5) is 24.7. The number of ether oxygens (including phenoxy) is 2. The molecular formula is C20H19N3O5. The van der Waals surface area contributed by atoms with Gasteiger partial charge >= 0.3 is 5.97 Å². The van der Waals surface area contributed by atoms with Crippen LogP contribution in [0.15, 0.2) is 59.3 Å². The van der Waals surface area contributed by atoms with Gasteiger partial charge in [-0.1, -0.05) is 12.1 Å². The number of esters is 1. The predicted molar refractivity (Wildman–Crippen MR) is 101 cm³/mol. The molecule has 1 atom stereocenters. The van der Waals surface area contributed by atoms with Crippen LogP contribution in [0.2, 0.25) is 0 Å². The van der Waals surface area contributed by atoms with Gasteiger partial charge in [0.15, 0.2) is 6.10 Å². The third kappa shape index (κ3) is 4.53. The molecule has 0 unspecified atom stereocenters. The molecule has 0 saturated heterocycles. The number of rotatable bonds is 7. The van der Waals surface area contributed by atoms with Crippen LogP contribution in [-0.4, -0.2) is 34.8 Å². The minimum atomic E-state index is -0.988. The van der Waals surface area contributed by atoms with Crippen molar-refractivity contribution in [3.05, 3.63) is 60.5 Å². The van der Waals surface area contributed by atoms with Crippen molar-refractivity contribution in [2.75, 3.05) is 11.9 Å². The van der Waals surface area contributed by atoms with Crippen molar-refractivity contribution < 1.29 is 23.5 Å². The third-order valence-electron chi connectivity index (χ3n) is 3.83. The molecule has 0 saturated carbocycles. The molecule has 1 N–H and O–H groups in total. The topological polar surface area (TPSA) is 104 Å². The summed E-state index contributed by atoms with van der Waals surface area (Å²) in [5.41, 5.74) is 1.49. The maximum atomic E-state index is 12.4.